The quantitative estimate of drug-likeness (QED) is 0.575. The lowest BCUT2D eigenvalue weighted by Gasteiger charge is -2.08. The van der Waals surface area contributed by atoms with E-state index in [1.54, 1.807) is 26.0 Å². The van der Waals surface area contributed by atoms with Gasteiger partial charge in [0.15, 0.2) is 11.5 Å². The van der Waals surface area contributed by atoms with Gasteiger partial charge in [-0.3, -0.25) is 14.9 Å². The van der Waals surface area contributed by atoms with Gasteiger partial charge in [0, 0.05) is 12.0 Å². The minimum Gasteiger partial charge on any atom is -0.479 e. The number of nitro groups is 1. The lowest BCUT2D eigenvalue weighted by Crippen LogP contribution is -2.17. The molecule has 0 N–H and O–H groups in total. The number of Topliss-reactive ketones (excluding diaryl/α,β-unsaturated/α-hetero) is 1. The van der Waals surface area contributed by atoms with Crippen molar-refractivity contribution >= 4 is 11.5 Å². The van der Waals surface area contributed by atoms with Gasteiger partial charge in [-0.1, -0.05) is 26.8 Å². The van der Waals surface area contributed by atoms with Crippen molar-refractivity contribution in [1.29, 1.82) is 0 Å². The average Bonchev–Trinajstić information content (AvgIpc) is 2.35. The van der Waals surface area contributed by atoms with Crippen molar-refractivity contribution in [1.82, 2.24) is 0 Å². The van der Waals surface area contributed by atoms with Crippen molar-refractivity contribution in [3.05, 3.63) is 33.9 Å². The number of ketones is 1. The first kappa shape index (κ1) is 14.2. The van der Waals surface area contributed by atoms with E-state index < -0.39 is 4.92 Å². The van der Waals surface area contributed by atoms with Crippen LogP contribution >= 0.6 is 0 Å². The van der Waals surface area contributed by atoms with Crippen LogP contribution in [0.3, 0.4) is 0 Å². The molecule has 0 aliphatic carbocycles. The molecule has 1 aromatic rings. The summed E-state index contributed by atoms with van der Waals surface area (Å²) in [6.45, 7) is 5.31. The van der Waals surface area contributed by atoms with Crippen molar-refractivity contribution in [2.45, 2.75) is 27.2 Å². The summed E-state index contributed by atoms with van der Waals surface area (Å²) in [6.07, 6.45) is 0.714. The van der Waals surface area contributed by atoms with E-state index in [2.05, 4.69) is 0 Å². The van der Waals surface area contributed by atoms with Crippen LogP contribution in [0.5, 0.6) is 5.75 Å². The van der Waals surface area contributed by atoms with Gasteiger partial charge in [-0.2, -0.15) is 0 Å². The third kappa shape index (κ3) is 3.55. The molecule has 0 aliphatic rings. The Balaban J connectivity index is 2.88. The summed E-state index contributed by atoms with van der Waals surface area (Å²) in [7, 11) is 0. The van der Waals surface area contributed by atoms with E-state index in [9.17, 15) is 14.9 Å². The number of carbonyl (C=O) groups excluding carboxylic acids is 1. The molecule has 0 aliphatic heterocycles. The molecule has 18 heavy (non-hydrogen) atoms. The molecule has 0 amide bonds. The van der Waals surface area contributed by atoms with E-state index in [0.29, 0.717) is 6.42 Å². The fourth-order valence-corrected chi connectivity index (χ4v) is 1.36. The number of nitro benzene ring substituents is 1. The van der Waals surface area contributed by atoms with Crippen LogP contribution in [0, 0.1) is 16.0 Å². The van der Waals surface area contributed by atoms with Crippen LogP contribution in [0.4, 0.5) is 5.69 Å². The van der Waals surface area contributed by atoms with Gasteiger partial charge in [-0.15, -0.1) is 0 Å². The summed E-state index contributed by atoms with van der Waals surface area (Å²) in [5.41, 5.74) is 0.773. The zero-order valence-electron chi connectivity index (χ0n) is 10.8. The molecule has 5 nitrogen and oxygen atoms in total. The van der Waals surface area contributed by atoms with Crippen molar-refractivity contribution in [2.24, 2.45) is 5.92 Å². The molecule has 5 heteroatoms. The first-order chi connectivity index (χ1) is 8.45. The Hall–Kier alpha value is -1.91. The summed E-state index contributed by atoms with van der Waals surface area (Å²) in [5.74, 6) is -0.0750. The fourth-order valence-electron chi connectivity index (χ4n) is 1.36. The van der Waals surface area contributed by atoms with Crippen LogP contribution in [-0.4, -0.2) is 17.3 Å². The highest BCUT2D eigenvalue weighted by Crippen LogP contribution is 2.28. The van der Waals surface area contributed by atoms with Crippen LogP contribution in [0.25, 0.3) is 0 Å². The maximum absolute atomic E-state index is 11.4. The molecule has 0 fully saturated rings. The number of hydrogen-bond acceptors (Lipinski definition) is 4. The highest BCUT2D eigenvalue weighted by atomic mass is 16.6. The molecule has 0 radical (unpaired) electrons. The Morgan fingerprint density at radius 3 is 2.61 bits per heavy atom. The molecule has 0 bridgehead atoms. The van der Waals surface area contributed by atoms with Crippen molar-refractivity contribution in [3.8, 4) is 5.75 Å². The molecular weight excluding hydrogens is 234 g/mol. The number of hydrogen-bond donors (Lipinski definition) is 0. The van der Waals surface area contributed by atoms with Crippen LogP contribution in [0.15, 0.2) is 18.2 Å². The smallest absolute Gasteiger partial charge is 0.311 e. The number of carbonyl (C=O) groups is 1. The molecule has 0 spiro atoms. The zero-order chi connectivity index (χ0) is 13.7. The predicted octanol–water partition coefficient (Wildman–Crippen LogP) is 2.76. The Bertz CT molecular complexity index is 454. The molecule has 0 aromatic heterocycles. The SMILES string of the molecule is CCc1ccc(OCC(=O)C(C)C)c([N+](=O)[O-])c1. The highest BCUT2D eigenvalue weighted by molar-refractivity contribution is 5.81. The lowest BCUT2D eigenvalue weighted by atomic mass is 10.1. The fraction of sp³-hybridized carbons (Fsp3) is 0.462. The Kier molecular flexibility index (Phi) is 4.83. The van der Waals surface area contributed by atoms with E-state index in [4.69, 9.17) is 4.74 Å². The first-order valence-electron chi connectivity index (χ1n) is 5.88. The largest absolute Gasteiger partial charge is 0.479 e. The Morgan fingerprint density at radius 1 is 1.44 bits per heavy atom. The molecule has 1 aromatic carbocycles. The van der Waals surface area contributed by atoms with E-state index in [0.717, 1.165) is 5.56 Å². The van der Waals surface area contributed by atoms with Crippen molar-refractivity contribution < 1.29 is 14.5 Å². The number of nitrogens with zero attached hydrogens (tertiary/aromatic N) is 1. The van der Waals surface area contributed by atoms with Crippen LogP contribution in [0.2, 0.25) is 0 Å². The van der Waals surface area contributed by atoms with Crippen LogP contribution in [0.1, 0.15) is 26.3 Å². The van der Waals surface area contributed by atoms with E-state index in [1.807, 2.05) is 6.92 Å². The third-order valence-electron chi connectivity index (χ3n) is 2.64. The molecule has 0 unspecified atom stereocenters. The van der Waals surface area contributed by atoms with Gasteiger partial charge >= 0.3 is 5.69 Å². The number of aryl methyl sites for hydroxylation is 1. The summed E-state index contributed by atoms with van der Waals surface area (Å²) >= 11 is 0. The van der Waals surface area contributed by atoms with E-state index >= 15 is 0 Å². The summed E-state index contributed by atoms with van der Waals surface area (Å²) < 4.78 is 5.23. The molecule has 0 atom stereocenters. The second kappa shape index (κ2) is 6.14. The van der Waals surface area contributed by atoms with Crippen molar-refractivity contribution in [3.63, 3.8) is 0 Å². The molecule has 0 saturated carbocycles. The minimum absolute atomic E-state index is 0.0798. The second-order valence-electron chi connectivity index (χ2n) is 4.32. The van der Waals surface area contributed by atoms with Gasteiger partial charge in [-0.25, -0.2) is 0 Å². The predicted molar refractivity (Wildman–Crippen MR) is 67.8 cm³/mol. The van der Waals surface area contributed by atoms with E-state index in [-0.39, 0.29) is 29.7 Å². The molecule has 0 saturated heterocycles. The summed E-state index contributed by atoms with van der Waals surface area (Å²) in [5, 5.41) is 10.9. The molecule has 0 heterocycles. The minimum atomic E-state index is -0.492. The third-order valence-corrected chi connectivity index (χ3v) is 2.64. The zero-order valence-corrected chi connectivity index (χ0v) is 10.8. The number of benzene rings is 1. The van der Waals surface area contributed by atoms with Gasteiger partial charge in [0.1, 0.15) is 6.61 Å². The molecule has 98 valence electrons. The normalized spacial score (nSPS) is 10.4. The standard InChI is InChI=1S/C13H17NO4/c1-4-10-5-6-13(11(7-10)14(16)17)18-8-12(15)9(2)3/h5-7,9H,4,8H2,1-3H3. The monoisotopic (exact) mass is 251 g/mol. The van der Waals surface area contributed by atoms with E-state index in [1.165, 1.54) is 6.07 Å². The number of ether oxygens (including phenoxy) is 1. The Labute approximate surface area is 106 Å². The van der Waals surface area contributed by atoms with Gasteiger partial charge in [-0.05, 0) is 18.1 Å². The first-order valence-corrected chi connectivity index (χ1v) is 5.88. The van der Waals surface area contributed by atoms with Crippen LogP contribution in [-0.2, 0) is 11.2 Å². The summed E-state index contributed by atoms with van der Waals surface area (Å²) in [4.78, 5) is 21.8. The maximum atomic E-state index is 11.4. The van der Waals surface area contributed by atoms with Crippen molar-refractivity contribution in [2.75, 3.05) is 6.61 Å². The Morgan fingerprint density at radius 2 is 2.11 bits per heavy atom. The molecule has 1 rings (SSSR count). The number of rotatable bonds is 6. The average molecular weight is 251 g/mol. The highest BCUT2D eigenvalue weighted by Gasteiger charge is 2.17. The molecular formula is C13H17NO4. The summed E-state index contributed by atoms with van der Waals surface area (Å²) in [6, 6.07) is 4.79. The van der Waals surface area contributed by atoms with Gasteiger partial charge in [0.05, 0.1) is 4.92 Å². The van der Waals surface area contributed by atoms with Crippen LogP contribution < -0.4 is 4.74 Å². The van der Waals surface area contributed by atoms with Gasteiger partial charge < -0.3 is 4.74 Å². The topological polar surface area (TPSA) is 69.4 Å². The second-order valence-corrected chi connectivity index (χ2v) is 4.32. The van der Waals surface area contributed by atoms with Gasteiger partial charge in [0.2, 0.25) is 0 Å². The lowest BCUT2D eigenvalue weighted by molar-refractivity contribution is -0.385. The maximum Gasteiger partial charge on any atom is 0.311 e. The van der Waals surface area contributed by atoms with Gasteiger partial charge in [0.25, 0.3) is 0 Å².